The van der Waals surface area contributed by atoms with Crippen LogP contribution in [0.5, 0.6) is 0 Å². The second-order valence-corrected chi connectivity index (χ2v) is 7.84. The van der Waals surface area contributed by atoms with Gasteiger partial charge in [-0.3, -0.25) is 4.79 Å². The zero-order chi connectivity index (χ0) is 18.6. The van der Waals surface area contributed by atoms with Gasteiger partial charge in [0.25, 0.3) is 5.91 Å². The number of amides is 1. The topological polar surface area (TPSA) is 46.9 Å². The van der Waals surface area contributed by atoms with Crippen molar-refractivity contribution in [3.05, 3.63) is 53.1 Å². The van der Waals surface area contributed by atoms with Crippen molar-refractivity contribution in [3.8, 4) is 10.7 Å². The van der Waals surface area contributed by atoms with Crippen molar-refractivity contribution in [2.24, 2.45) is 0 Å². The number of thiazole rings is 1. The Morgan fingerprint density at radius 1 is 1.30 bits per heavy atom. The van der Waals surface area contributed by atoms with Crippen LogP contribution in [0, 0.1) is 0 Å². The van der Waals surface area contributed by atoms with Gasteiger partial charge >= 0.3 is 0 Å². The number of nitrogens with zero attached hydrogens (tertiary/aromatic N) is 2. The zero-order valence-corrected chi connectivity index (χ0v) is 16.5. The summed E-state index contributed by atoms with van der Waals surface area (Å²) >= 11 is 1.53. The van der Waals surface area contributed by atoms with Crippen LogP contribution in [0.25, 0.3) is 21.6 Å². The Bertz CT molecular complexity index is 983. The van der Waals surface area contributed by atoms with E-state index in [0.29, 0.717) is 12.2 Å². The molecule has 0 atom stereocenters. The molecule has 0 fully saturated rings. The van der Waals surface area contributed by atoms with Crippen LogP contribution in [-0.4, -0.2) is 22.0 Å². The van der Waals surface area contributed by atoms with E-state index < -0.39 is 0 Å². The minimum absolute atomic E-state index is 0.0759. The van der Waals surface area contributed by atoms with Crippen molar-refractivity contribution < 1.29 is 4.79 Å². The van der Waals surface area contributed by atoms with Crippen molar-refractivity contribution >= 4 is 28.1 Å². The molecule has 0 radical (unpaired) electrons. The fourth-order valence-corrected chi connectivity index (χ4v) is 4.61. The van der Waals surface area contributed by atoms with Crippen molar-refractivity contribution in [3.63, 3.8) is 0 Å². The lowest BCUT2D eigenvalue weighted by molar-refractivity contribution is 0.0950. The number of fused-ring (bicyclic) bond motifs is 1. The predicted molar refractivity (Wildman–Crippen MR) is 112 cm³/mol. The van der Waals surface area contributed by atoms with Crippen LogP contribution in [0.1, 0.15) is 49.5 Å². The Morgan fingerprint density at radius 3 is 3.00 bits per heavy atom. The van der Waals surface area contributed by atoms with Crippen LogP contribution >= 0.6 is 11.3 Å². The lowest BCUT2D eigenvalue weighted by Crippen LogP contribution is -2.25. The van der Waals surface area contributed by atoms with Gasteiger partial charge in [-0.2, -0.15) is 0 Å². The maximum absolute atomic E-state index is 12.5. The number of hydrogen-bond acceptors (Lipinski definition) is 3. The van der Waals surface area contributed by atoms with Gasteiger partial charge in [-0.05, 0) is 51.2 Å². The molecule has 0 aliphatic heterocycles. The van der Waals surface area contributed by atoms with Crippen LogP contribution in [0.2, 0.25) is 0 Å². The molecule has 1 amide bonds. The van der Waals surface area contributed by atoms with Gasteiger partial charge < -0.3 is 9.88 Å². The first kappa shape index (κ1) is 18.0. The van der Waals surface area contributed by atoms with Crippen LogP contribution in [0.15, 0.2) is 47.4 Å². The van der Waals surface area contributed by atoms with Crippen LogP contribution in [0.4, 0.5) is 0 Å². The maximum Gasteiger partial charge on any atom is 0.270 e. The standard InChI is InChI=1S/C22H25N3OS/c1-2-25-19-11-7-6-10-17(19)14-20(25)22-24-18(15-27-22)21(26)23-13-12-16-8-4-3-5-9-16/h6-8,10-11,14-15H,2-5,9,12-13H2,1H3,(H,23,26). The van der Waals surface area contributed by atoms with E-state index >= 15 is 0 Å². The van der Waals surface area contributed by atoms with Crippen LogP contribution in [0.3, 0.4) is 0 Å². The SMILES string of the molecule is CCn1c(-c2nc(C(=O)NCCC3=CCCCC3)cs2)cc2ccccc21. The molecule has 0 saturated carbocycles. The average molecular weight is 380 g/mol. The molecule has 5 heteroatoms. The van der Waals surface area contributed by atoms with Gasteiger partial charge in [0, 0.05) is 29.4 Å². The number of hydrogen-bond donors (Lipinski definition) is 1. The summed E-state index contributed by atoms with van der Waals surface area (Å²) in [5.41, 5.74) is 4.28. The molecule has 1 N–H and O–H groups in total. The molecule has 0 bridgehead atoms. The summed E-state index contributed by atoms with van der Waals surface area (Å²) in [4.78, 5) is 17.1. The summed E-state index contributed by atoms with van der Waals surface area (Å²) in [5, 5.41) is 6.99. The number of carbonyl (C=O) groups is 1. The second kappa shape index (κ2) is 8.09. The van der Waals surface area contributed by atoms with E-state index in [-0.39, 0.29) is 5.91 Å². The number of aryl methyl sites for hydroxylation is 1. The smallest absolute Gasteiger partial charge is 0.270 e. The van der Waals surface area contributed by atoms with E-state index in [2.05, 4.69) is 58.2 Å². The van der Waals surface area contributed by atoms with Crippen molar-refractivity contribution in [1.29, 1.82) is 0 Å². The molecule has 0 unspecified atom stereocenters. The van der Waals surface area contributed by atoms with Gasteiger partial charge in [0.2, 0.25) is 0 Å². The molecule has 0 spiro atoms. The first-order chi connectivity index (χ1) is 13.3. The Kier molecular flexibility index (Phi) is 5.39. The molecule has 1 aliphatic rings. The molecule has 2 aromatic heterocycles. The Morgan fingerprint density at radius 2 is 2.19 bits per heavy atom. The number of carbonyl (C=O) groups excluding carboxylic acids is 1. The summed E-state index contributed by atoms with van der Waals surface area (Å²) in [5.74, 6) is -0.0759. The number of rotatable bonds is 6. The third kappa shape index (κ3) is 3.83. The van der Waals surface area contributed by atoms with Gasteiger partial charge in [-0.1, -0.05) is 29.8 Å². The summed E-state index contributed by atoms with van der Waals surface area (Å²) in [7, 11) is 0. The molecule has 3 aromatic rings. The van der Waals surface area contributed by atoms with E-state index in [0.717, 1.165) is 23.7 Å². The predicted octanol–water partition coefficient (Wildman–Crippen LogP) is 5.41. The molecule has 140 valence electrons. The Labute approximate surface area is 163 Å². The summed E-state index contributed by atoms with van der Waals surface area (Å²) in [6.07, 6.45) is 8.22. The van der Waals surface area contributed by atoms with Gasteiger partial charge in [0.05, 0.1) is 5.69 Å². The normalized spacial score (nSPS) is 14.3. The molecular weight excluding hydrogens is 354 g/mol. The van der Waals surface area contributed by atoms with Gasteiger partial charge in [-0.25, -0.2) is 4.98 Å². The second-order valence-electron chi connectivity index (χ2n) is 6.98. The van der Waals surface area contributed by atoms with E-state index in [9.17, 15) is 4.79 Å². The van der Waals surface area contributed by atoms with E-state index in [4.69, 9.17) is 0 Å². The quantitative estimate of drug-likeness (QED) is 0.583. The van der Waals surface area contributed by atoms with Gasteiger partial charge in [0.15, 0.2) is 0 Å². The summed E-state index contributed by atoms with van der Waals surface area (Å²) < 4.78 is 2.26. The first-order valence-corrected chi connectivity index (χ1v) is 10.6. The minimum atomic E-state index is -0.0759. The van der Waals surface area contributed by atoms with E-state index in [1.807, 2.05) is 5.38 Å². The third-order valence-corrected chi connectivity index (χ3v) is 6.06. The molecule has 4 rings (SSSR count). The monoisotopic (exact) mass is 379 g/mol. The van der Waals surface area contributed by atoms with Gasteiger partial charge in [0.1, 0.15) is 10.7 Å². The van der Waals surface area contributed by atoms with E-state index in [1.165, 1.54) is 53.5 Å². The summed E-state index contributed by atoms with van der Waals surface area (Å²) in [6, 6.07) is 10.5. The molecule has 27 heavy (non-hydrogen) atoms. The lowest BCUT2D eigenvalue weighted by atomic mass is 9.97. The molecule has 2 heterocycles. The number of nitrogens with one attached hydrogen (secondary N) is 1. The number of benzene rings is 1. The van der Waals surface area contributed by atoms with Gasteiger partial charge in [-0.15, -0.1) is 11.3 Å². The fraction of sp³-hybridized carbons (Fsp3) is 0.364. The molecule has 4 nitrogen and oxygen atoms in total. The highest BCUT2D eigenvalue weighted by Gasteiger charge is 2.16. The van der Waals surface area contributed by atoms with E-state index in [1.54, 1.807) is 0 Å². The van der Waals surface area contributed by atoms with Crippen LogP contribution < -0.4 is 5.32 Å². The van der Waals surface area contributed by atoms with Crippen LogP contribution in [-0.2, 0) is 6.54 Å². The Balaban J connectivity index is 1.47. The summed E-state index contributed by atoms with van der Waals surface area (Å²) in [6.45, 7) is 3.70. The first-order valence-electron chi connectivity index (χ1n) is 9.76. The largest absolute Gasteiger partial charge is 0.350 e. The zero-order valence-electron chi connectivity index (χ0n) is 15.7. The number of para-hydroxylation sites is 1. The minimum Gasteiger partial charge on any atom is -0.350 e. The molecule has 1 aliphatic carbocycles. The highest BCUT2D eigenvalue weighted by molar-refractivity contribution is 7.13. The van der Waals surface area contributed by atoms with Crippen molar-refractivity contribution in [1.82, 2.24) is 14.9 Å². The highest BCUT2D eigenvalue weighted by atomic mass is 32.1. The van der Waals surface area contributed by atoms with Crippen molar-refractivity contribution in [2.45, 2.75) is 45.6 Å². The Hall–Kier alpha value is -2.40. The fourth-order valence-electron chi connectivity index (χ4n) is 3.78. The third-order valence-electron chi connectivity index (χ3n) is 5.20. The average Bonchev–Trinajstić information content (AvgIpc) is 3.33. The van der Waals surface area contributed by atoms with Crippen molar-refractivity contribution in [2.75, 3.05) is 6.54 Å². The number of aromatic nitrogens is 2. The highest BCUT2D eigenvalue weighted by Crippen LogP contribution is 2.30. The molecule has 1 aromatic carbocycles. The molecular formula is C22H25N3OS. The molecule has 0 saturated heterocycles. The number of allylic oxidation sites excluding steroid dienone is 1. The maximum atomic E-state index is 12.5. The lowest BCUT2D eigenvalue weighted by Gasteiger charge is -2.12.